The summed E-state index contributed by atoms with van der Waals surface area (Å²) >= 11 is 0. The van der Waals surface area contributed by atoms with E-state index in [0.717, 1.165) is 0 Å². The molecular formula is C11H12FNO2. The number of hydrogen-bond donors (Lipinski definition) is 1. The van der Waals surface area contributed by atoms with Crippen LogP contribution < -0.4 is 10.1 Å². The molecule has 0 bridgehead atoms. The second kappa shape index (κ2) is 3.53. The first-order chi connectivity index (χ1) is 7.09. The average molecular weight is 209 g/mol. The average Bonchev–Trinajstić information content (AvgIpc) is 2.16. The van der Waals surface area contributed by atoms with E-state index >= 15 is 0 Å². The third kappa shape index (κ3) is 1.67. The second-order valence-electron chi connectivity index (χ2n) is 3.89. The van der Waals surface area contributed by atoms with E-state index in [1.807, 2.05) is 13.8 Å². The molecule has 15 heavy (non-hydrogen) atoms. The van der Waals surface area contributed by atoms with Crippen molar-refractivity contribution in [2.45, 2.75) is 20.0 Å². The standard InChI is InChI=1S/C11H12FNO2/c1-6(2)9-11(14)13-8-5-3-4-7(12)10(8)15-9/h3-6,9H,1-2H3,(H,13,14). The van der Waals surface area contributed by atoms with Crippen LogP contribution in [0.1, 0.15) is 13.8 Å². The zero-order valence-corrected chi connectivity index (χ0v) is 8.58. The van der Waals surface area contributed by atoms with Gasteiger partial charge in [-0.15, -0.1) is 0 Å². The fourth-order valence-corrected chi connectivity index (χ4v) is 1.55. The summed E-state index contributed by atoms with van der Waals surface area (Å²) in [4.78, 5) is 11.6. The maximum Gasteiger partial charge on any atom is 0.265 e. The molecule has 3 nitrogen and oxygen atoms in total. The second-order valence-corrected chi connectivity index (χ2v) is 3.89. The largest absolute Gasteiger partial charge is 0.475 e. The summed E-state index contributed by atoms with van der Waals surface area (Å²) < 4.78 is 18.7. The molecule has 1 aromatic carbocycles. The highest BCUT2D eigenvalue weighted by Crippen LogP contribution is 2.33. The molecule has 1 aliphatic heterocycles. The van der Waals surface area contributed by atoms with Crippen LogP contribution >= 0.6 is 0 Å². The van der Waals surface area contributed by atoms with Crippen LogP contribution in [0.4, 0.5) is 10.1 Å². The summed E-state index contributed by atoms with van der Waals surface area (Å²) in [5, 5.41) is 2.63. The number of fused-ring (bicyclic) bond motifs is 1. The van der Waals surface area contributed by atoms with Gasteiger partial charge in [0.2, 0.25) is 0 Å². The third-order valence-electron chi connectivity index (χ3n) is 2.33. The highest BCUT2D eigenvalue weighted by Gasteiger charge is 2.31. The Morgan fingerprint density at radius 3 is 2.87 bits per heavy atom. The number of rotatable bonds is 1. The molecule has 0 fully saturated rings. The Hall–Kier alpha value is -1.58. The van der Waals surface area contributed by atoms with Crippen LogP contribution in [0.15, 0.2) is 18.2 Å². The molecule has 1 heterocycles. The number of carbonyl (C=O) groups is 1. The molecular weight excluding hydrogens is 197 g/mol. The van der Waals surface area contributed by atoms with Crippen molar-refractivity contribution >= 4 is 11.6 Å². The van der Waals surface area contributed by atoms with Gasteiger partial charge in [0.25, 0.3) is 5.91 Å². The minimum Gasteiger partial charge on any atom is -0.475 e. The lowest BCUT2D eigenvalue weighted by atomic mass is 10.0. The van der Waals surface area contributed by atoms with E-state index in [1.165, 1.54) is 12.1 Å². The molecule has 80 valence electrons. The highest BCUT2D eigenvalue weighted by molar-refractivity contribution is 5.97. The Balaban J connectivity index is 2.39. The number of para-hydroxylation sites is 1. The summed E-state index contributed by atoms with van der Waals surface area (Å²) in [6.45, 7) is 3.71. The van der Waals surface area contributed by atoms with Crippen molar-refractivity contribution in [1.82, 2.24) is 0 Å². The molecule has 0 saturated heterocycles. The minimum atomic E-state index is -0.616. The van der Waals surface area contributed by atoms with Crippen molar-refractivity contribution in [1.29, 1.82) is 0 Å². The van der Waals surface area contributed by atoms with E-state index in [-0.39, 0.29) is 17.6 Å². The number of amides is 1. The van der Waals surface area contributed by atoms with Crippen molar-refractivity contribution in [2.75, 3.05) is 5.32 Å². The number of anilines is 1. The SMILES string of the molecule is CC(C)C1Oc2c(F)cccc2NC1=O. The Morgan fingerprint density at radius 2 is 2.20 bits per heavy atom. The molecule has 0 aliphatic carbocycles. The Labute approximate surface area is 87.2 Å². The summed E-state index contributed by atoms with van der Waals surface area (Å²) in [5.74, 6) is -0.519. The van der Waals surface area contributed by atoms with Crippen LogP contribution in [0.25, 0.3) is 0 Å². The lowest BCUT2D eigenvalue weighted by molar-refractivity contribution is -0.125. The van der Waals surface area contributed by atoms with Crippen molar-refractivity contribution < 1.29 is 13.9 Å². The van der Waals surface area contributed by atoms with Gasteiger partial charge < -0.3 is 10.1 Å². The van der Waals surface area contributed by atoms with Gasteiger partial charge in [0, 0.05) is 0 Å². The zero-order chi connectivity index (χ0) is 11.0. The van der Waals surface area contributed by atoms with Gasteiger partial charge in [0.1, 0.15) is 0 Å². The van der Waals surface area contributed by atoms with Crippen molar-refractivity contribution in [3.8, 4) is 5.75 Å². The fourth-order valence-electron chi connectivity index (χ4n) is 1.55. The van der Waals surface area contributed by atoms with Gasteiger partial charge in [0.05, 0.1) is 5.69 Å². The predicted molar refractivity (Wildman–Crippen MR) is 54.3 cm³/mol. The normalized spacial score (nSPS) is 19.5. The van der Waals surface area contributed by atoms with E-state index in [1.54, 1.807) is 6.07 Å². The zero-order valence-electron chi connectivity index (χ0n) is 8.58. The number of carbonyl (C=O) groups excluding carboxylic acids is 1. The number of hydrogen-bond acceptors (Lipinski definition) is 2. The van der Waals surface area contributed by atoms with Gasteiger partial charge >= 0.3 is 0 Å². The van der Waals surface area contributed by atoms with Crippen molar-refractivity contribution in [3.05, 3.63) is 24.0 Å². The van der Waals surface area contributed by atoms with Crippen LogP contribution in [0.5, 0.6) is 5.75 Å². The lowest BCUT2D eigenvalue weighted by Crippen LogP contribution is -2.40. The topological polar surface area (TPSA) is 38.3 Å². The maximum absolute atomic E-state index is 13.4. The first-order valence-corrected chi connectivity index (χ1v) is 4.85. The van der Waals surface area contributed by atoms with Crippen LogP contribution in [0.2, 0.25) is 0 Å². The molecule has 1 aromatic rings. The monoisotopic (exact) mass is 209 g/mol. The minimum absolute atomic E-state index is 0.0118. The molecule has 2 rings (SSSR count). The van der Waals surface area contributed by atoms with Gasteiger partial charge in [-0.3, -0.25) is 4.79 Å². The molecule has 1 aliphatic rings. The summed E-state index contributed by atoms with van der Waals surface area (Å²) in [5.41, 5.74) is 0.400. The summed E-state index contributed by atoms with van der Waals surface area (Å²) in [7, 11) is 0. The van der Waals surface area contributed by atoms with Gasteiger partial charge in [-0.2, -0.15) is 0 Å². The summed E-state index contributed by atoms with van der Waals surface area (Å²) in [6.07, 6.45) is -0.616. The molecule has 4 heteroatoms. The highest BCUT2D eigenvalue weighted by atomic mass is 19.1. The van der Waals surface area contributed by atoms with E-state index in [0.29, 0.717) is 5.69 Å². The number of benzene rings is 1. The van der Waals surface area contributed by atoms with Crippen molar-refractivity contribution in [2.24, 2.45) is 5.92 Å². The predicted octanol–water partition coefficient (Wildman–Crippen LogP) is 2.18. The maximum atomic E-state index is 13.4. The molecule has 1 atom stereocenters. The van der Waals surface area contributed by atoms with Crippen LogP contribution in [-0.2, 0) is 4.79 Å². The van der Waals surface area contributed by atoms with E-state index < -0.39 is 11.9 Å². The first-order valence-electron chi connectivity index (χ1n) is 4.85. The van der Waals surface area contributed by atoms with Gasteiger partial charge in [-0.25, -0.2) is 4.39 Å². The number of halogens is 1. The van der Waals surface area contributed by atoms with E-state index in [9.17, 15) is 9.18 Å². The van der Waals surface area contributed by atoms with Gasteiger partial charge in [-0.1, -0.05) is 19.9 Å². The Kier molecular flexibility index (Phi) is 2.34. The molecule has 1 N–H and O–H groups in total. The van der Waals surface area contributed by atoms with Crippen LogP contribution in [0.3, 0.4) is 0 Å². The number of nitrogens with one attached hydrogen (secondary N) is 1. The number of ether oxygens (including phenoxy) is 1. The fraction of sp³-hybridized carbons (Fsp3) is 0.364. The quantitative estimate of drug-likeness (QED) is 0.769. The molecule has 0 aromatic heterocycles. The lowest BCUT2D eigenvalue weighted by Gasteiger charge is -2.28. The van der Waals surface area contributed by atoms with Gasteiger partial charge in [0.15, 0.2) is 17.7 Å². The van der Waals surface area contributed by atoms with Crippen molar-refractivity contribution in [3.63, 3.8) is 0 Å². The van der Waals surface area contributed by atoms with Crippen LogP contribution in [-0.4, -0.2) is 12.0 Å². The Bertz CT molecular complexity index is 404. The Morgan fingerprint density at radius 1 is 1.47 bits per heavy atom. The first kappa shape index (κ1) is 9.96. The van der Waals surface area contributed by atoms with E-state index in [2.05, 4.69) is 5.32 Å². The molecule has 1 unspecified atom stereocenters. The third-order valence-corrected chi connectivity index (χ3v) is 2.33. The molecule has 1 amide bonds. The van der Waals surface area contributed by atoms with Gasteiger partial charge in [-0.05, 0) is 18.1 Å². The molecule has 0 saturated carbocycles. The molecule has 0 radical (unpaired) electrons. The molecule has 0 spiro atoms. The van der Waals surface area contributed by atoms with Crippen LogP contribution in [0, 0.1) is 11.7 Å². The summed E-state index contributed by atoms with van der Waals surface area (Å²) in [6, 6.07) is 4.47. The van der Waals surface area contributed by atoms with E-state index in [4.69, 9.17) is 4.74 Å². The smallest absolute Gasteiger partial charge is 0.265 e.